The van der Waals surface area contributed by atoms with Crippen molar-refractivity contribution in [3.63, 3.8) is 0 Å². The zero-order chi connectivity index (χ0) is 96.3. The molecule has 0 aromatic heterocycles. The molecule has 0 atom stereocenters. The summed E-state index contributed by atoms with van der Waals surface area (Å²) in [5, 5.41) is 11.1. The lowest BCUT2D eigenvalue weighted by molar-refractivity contribution is 0.932. The standard InChI is InChI=1S/C18H20.2C17H18.2C14H16.2C13H14.10C2H6/c1-11-7-14(4)18-16(8-11)6-5-15-9-12(2)13(3)10-17(15)18;1-11-4-7-16-14(9-11)5-6-15-10-12(2)8-13(3)17(15)16;1-11-4-7-16-14(8-11)5-6-15-9-12(2)13(3)10-17(15)16;1-9-5-11(3)14-8-10(2)6-12(4)13(14)7-9;1-9-5-7-14-12(4)10(2)6-8-13(14)11(9)3;1-9-7-11(3)12-6-4-5-10(2)13(12)8-9;1-9-7-8-12-10(2)5-4-6-13(12)11(9)3;10*1-2/h7-10H,5-6H2,1-4H3;2*4,7-10H,5-6H2,1-3H3;2*5-8H,1-4H3;2*4-8H,1-3H3;10*1-2H3. The van der Waals surface area contributed by atoms with Crippen LogP contribution in [0.25, 0.3) is 76.5 Å². The molecule has 0 saturated heterocycles. The second-order valence-electron chi connectivity index (χ2n) is 32.0. The molecular weight excluding hydrogens is 1510 g/mol. The molecule has 0 heteroatoms. The van der Waals surface area contributed by atoms with Crippen LogP contribution in [-0.2, 0) is 38.5 Å². The van der Waals surface area contributed by atoms with E-state index < -0.39 is 0 Å². The number of aryl methyl sites for hydroxylation is 30. The van der Waals surface area contributed by atoms with Crippen LogP contribution in [0.2, 0.25) is 0 Å². The van der Waals surface area contributed by atoms with E-state index in [0.717, 1.165) is 0 Å². The second kappa shape index (κ2) is 58.5. The smallest absolute Gasteiger partial charge is 0.0119 e. The molecule has 0 unspecified atom stereocenters. The first-order valence-electron chi connectivity index (χ1n) is 48.9. The van der Waals surface area contributed by atoms with Gasteiger partial charge in [0.05, 0.1) is 0 Å². The Kier molecular flexibility index (Phi) is 53.0. The van der Waals surface area contributed by atoms with Crippen molar-refractivity contribution in [2.75, 3.05) is 0 Å². The highest BCUT2D eigenvalue weighted by molar-refractivity contribution is 5.93. The average molecular weight is 1690 g/mol. The van der Waals surface area contributed by atoms with Crippen molar-refractivity contribution in [2.24, 2.45) is 0 Å². The Hall–Kier alpha value is -9.88. The third kappa shape index (κ3) is 30.7. The Morgan fingerprint density at radius 2 is 0.381 bits per heavy atom. The van der Waals surface area contributed by atoms with Crippen LogP contribution in [0.3, 0.4) is 0 Å². The Labute approximate surface area is 775 Å². The van der Waals surface area contributed by atoms with Gasteiger partial charge in [-0.25, -0.2) is 0 Å². The van der Waals surface area contributed by atoms with Gasteiger partial charge in [0.15, 0.2) is 0 Å². The summed E-state index contributed by atoms with van der Waals surface area (Å²) in [5.74, 6) is 0. The quantitative estimate of drug-likeness (QED) is 0.142. The van der Waals surface area contributed by atoms with E-state index in [9.17, 15) is 0 Å². The molecule has 0 fully saturated rings. The van der Waals surface area contributed by atoms with Crippen LogP contribution in [0.1, 0.15) is 305 Å². The molecule has 0 N–H and O–H groups in total. The second-order valence-corrected chi connectivity index (χ2v) is 32.0. The first-order valence-corrected chi connectivity index (χ1v) is 48.9. The lowest BCUT2D eigenvalue weighted by Crippen LogP contribution is -2.07. The predicted molar refractivity (Wildman–Crippen MR) is 581 cm³/mol. The lowest BCUT2D eigenvalue weighted by atomic mass is 9.81. The zero-order valence-corrected chi connectivity index (χ0v) is 88.7. The van der Waals surface area contributed by atoms with Crippen molar-refractivity contribution in [2.45, 2.75) is 343 Å². The minimum atomic E-state index is 1.19. The van der Waals surface area contributed by atoms with Gasteiger partial charge in [-0.2, -0.15) is 0 Å². The molecule has 0 bridgehead atoms. The molecule has 680 valence electrons. The maximum absolute atomic E-state index is 2.38. The van der Waals surface area contributed by atoms with E-state index in [1.807, 2.05) is 138 Å². The monoisotopic (exact) mass is 1690 g/mol. The van der Waals surface area contributed by atoms with Gasteiger partial charge in [0.1, 0.15) is 0 Å². The Morgan fingerprint density at radius 3 is 0.770 bits per heavy atom. The average Bonchev–Trinajstić information content (AvgIpc) is 0.787. The number of fused-ring (bicyclic) bond motifs is 13. The van der Waals surface area contributed by atoms with Gasteiger partial charge in [0.25, 0.3) is 0 Å². The Balaban J connectivity index is 0.000000712. The minimum Gasteiger partial charge on any atom is -0.0683 e. The molecule has 0 nitrogen and oxygen atoms in total. The fourth-order valence-corrected chi connectivity index (χ4v) is 16.9. The maximum Gasteiger partial charge on any atom is -0.0119 e. The van der Waals surface area contributed by atoms with Gasteiger partial charge in [0, 0.05) is 0 Å². The molecule has 17 rings (SSSR count). The molecule has 14 aromatic rings. The van der Waals surface area contributed by atoms with E-state index in [0.29, 0.717) is 0 Å². The lowest BCUT2D eigenvalue weighted by Gasteiger charge is -2.24. The molecule has 0 saturated carbocycles. The van der Waals surface area contributed by atoms with Crippen molar-refractivity contribution >= 4 is 43.1 Å². The first-order chi connectivity index (χ1) is 60.4. The third-order valence-electron chi connectivity index (χ3n) is 23.3. The Bertz CT molecular complexity index is 5580. The van der Waals surface area contributed by atoms with E-state index in [1.54, 1.807) is 0 Å². The summed E-state index contributed by atoms with van der Waals surface area (Å²) >= 11 is 0. The summed E-state index contributed by atoms with van der Waals surface area (Å²) in [6, 6.07) is 72.4. The first kappa shape index (κ1) is 114. The third-order valence-corrected chi connectivity index (χ3v) is 23.3. The highest BCUT2D eigenvalue weighted by Gasteiger charge is 2.22. The summed E-state index contributed by atoms with van der Waals surface area (Å²) in [7, 11) is 0. The summed E-state index contributed by atoms with van der Waals surface area (Å²) in [6.07, 6.45) is 7.13. The Morgan fingerprint density at radius 1 is 0.135 bits per heavy atom. The summed E-state index contributed by atoms with van der Waals surface area (Å²) in [6.45, 7) is 92.5. The number of benzene rings is 14. The van der Waals surface area contributed by atoms with Gasteiger partial charge in [-0.05, 0) is 409 Å². The van der Waals surface area contributed by atoms with Crippen LogP contribution in [0.4, 0.5) is 0 Å². The largest absolute Gasteiger partial charge is 0.0683 e. The molecule has 0 amide bonds. The SMILES string of the molecule is CC.CC.CC.CC.CC.CC.CC.CC.CC.CC.Cc1cc(C)c2c(c1)CCc1cc(C)c(C)cc1-2.Cc1cc(C)c2cc(C)cc(C)c2c1.Cc1cc(C)c2cccc(C)c2c1.Cc1ccc2c(C)c(C)ccc2c1C.Cc1ccc2c(C)cccc2c1C.Cc1ccc2c(c1)CCc1cc(C)c(C)cc1-2.Cc1ccc2c(c1)CCc1cc(C)cc(C)c1-2. The molecule has 0 heterocycles. The van der Waals surface area contributed by atoms with Crippen LogP contribution in [0, 0.1) is 166 Å². The minimum absolute atomic E-state index is 1.19. The molecule has 0 spiro atoms. The molecule has 14 aromatic carbocycles. The van der Waals surface area contributed by atoms with Crippen LogP contribution in [0.5, 0.6) is 0 Å². The number of hydrogen-bond acceptors (Lipinski definition) is 0. The van der Waals surface area contributed by atoms with E-state index >= 15 is 0 Å². The zero-order valence-electron chi connectivity index (χ0n) is 88.7. The van der Waals surface area contributed by atoms with Gasteiger partial charge in [-0.15, -0.1) is 0 Å². The molecule has 0 radical (unpaired) electrons. The van der Waals surface area contributed by atoms with Crippen molar-refractivity contribution in [1.29, 1.82) is 0 Å². The fourth-order valence-electron chi connectivity index (χ4n) is 16.9. The van der Waals surface area contributed by atoms with Crippen LogP contribution in [0.15, 0.2) is 194 Å². The van der Waals surface area contributed by atoms with Gasteiger partial charge in [-0.1, -0.05) is 372 Å². The van der Waals surface area contributed by atoms with Crippen molar-refractivity contribution in [3.8, 4) is 33.4 Å². The maximum atomic E-state index is 2.38. The molecule has 126 heavy (non-hydrogen) atoms. The van der Waals surface area contributed by atoms with Crippen molar-refractivity contribution in [3.05, 3.63) is 361 Å². The van der Waals surface area contributed by atoms with Gasteiger partial charge < -0.3 is 0 Å². The molecular formula is C126H176. The molecule has 3 aliphatic rings. The number of hydrogen-bond donors (Lipinski definition) is 0. The van der Waals surface area contributed by atoms with E-state index in [2.05, 4.69) is 360 Å². The summed E-state index contributed by atoms with van der Waals surface area (Å²) < 4.78 is 0. The van der Waals surface area contributed by atoms with Gasteiger partial charge in [0.2, 0.25) is 0 Å². The highest BCUT2D eigenvalue weighted by atomic mass is 14.3. The topological polar surface area (TPSA) is 0 Å². The molecule has 0 aliphatic heterocycles. The van der Waals surface area contributed by atoms with Crippen molar-refractivity contribution in [1.82, 2.24) is 0 Å². The van der Waals surface area contributed by atoms with Crippen molar-refractivity contribution < 1.29 is 0 Å². The number of rotatable bonds is 0. The highest BCUT2D eigenvalue weighted by Crippen LogP contribution is 2.41. The summed E-state index contributed by atoms with van der Waals surface area (Å²) in [4.78, 5) is 0. The fraction of sp³-hybridized carbons (Fsp3) is 0.397. The van der Waals surface area contributed by atoms with Gasteiger partial charge in [-0.3, -0.25) is 0 Å². The van der Waals surface area contributed by atoms with Crippen LogP contribution in [-0.4, -0.2) is 0 Å². The van der Waals surface area contributed by atoms with Crippen LogP contribution < -0.4 is 0 Å². The van der Waals surface area contributed by atoms with Crippen LogP contribution >= 0.6 is 0 Å². The molecule has 3 aliphatic carbocycles. The predicted octanol–water partition coefficient (Wildman–Crippen LogP) is 39.4. The van der Waals surface area contributed by atoms with E-state index in [-0.39, 0.29) is 0 Å². The summed E-state index contributed by atoms with van der Waals surface area (Å²) in [5.41, 5.74) is 51.2. The van der Waals surface area contributed by atoms with E-state index in [4.69, 9.17) is 0 Å². The normalized spacial score (nSPS) is 10.5. The van der Waals surface area contributed by atoms with E-state index in [1.165, 1.54) is 282 Å². The van der Waals surface area contributed by atoms with Gasteiger partial charge >= 0.3 is 0 Å².